The van der Waals surface area contributed by atoms with Crippen LogP contribution in [0.25, 0.3) is 11.4 Å². The summed E-state index contributed by atoms with van der Waals surface area (Å²) in [6.07, 6.45) is 0. The van der Waals surface area contributed by atoms with Crippen molar-refractivity contribution in [1.29, 1.82) is 0 Å². The summed E-state index contributed by atoms with van der Waals surface area (Å²) in [5.74, 6) is 0.547. The standard InChI is InChI=1S/C14H16ClFN4O/c1-9(20-6-4-17-5-7-20)14-18-13(19-21-14)11-3-2-10(16)8-12(11)15/h2-3,8-9,17H,4-7H2,1H3. The second kappa shape index (κ2) is 6.09. The molecule has 21 heavy (non-hydrogen) atoms. The van der Waals surface area contributed by atoms with Gasteiger partial charge in [0.05, 0.1) is 11.1 Å². The lowest BCUT2D eigenvalue weighted by Crippen LogP contribution is -2.44. The molecule has 0 amide bonds. The van der Waals surface area contributed by atoms with Crippen LogP contribution in [0.2, 0.25) is 5.02 Å². The third-order valence-corrected chi connectivity index (χ3v) is 3.98. The molecule has 5 nitrogen and oxygen atoms in total. The molecular formula is C14H16ClFN4O. The minimum atomic E-state index is -0.387. The van der Waals surface area contributed by atoms with Crippen molar-refractivity contribution < 1.29 is 8.91 Å². The molecule has 0 spiro atoms. The van der Waals surface area contributed by atoms with Crippen LogP contribution in [-0.4, -0.2) is 41.2 Å². The molecule has 1 atom stereocenters. The Balaban J connectivity index is 1.82. The first-order chi connectivity index (χ1) is 10.1. The van der Waals surface area contributed by atoms with Crippen molar-refractivity contribution in [2.45, 2.75) is 13.0 Å². The zero-order valence-electron chi connectivity index (χ0n) is 11.6. The van der Waals surface area contributed by atoms with Crippen molar-refractivity contribution in [3.63, 3.8) is 0 Å². The number of hydrogen-bond donors (Lipinski definition) is 1. The Kier molecular flexibility index (Phi) is 4.19. The highest BCUT2D eigenvalue weighted by Crippen LogP contribution is 2.28. The number of rotatable bonds is 3. The summed E-state index contributed by atoms with van der Waals surface area (Å²) in [5.41, 5.74) is 0.570. The first kappa shape index (κ1) is 14.4. The van der Waals surface area contributed by atoms with E-state index < -0.39 is 0 Å². The Bertz CT molecular complexity index is 627. The van der Waals surface area contributed by atoms with Gasteiger partial charge in [-0.05, 0) is 25.1 Å². The van der Waals surface area contributed by atoms with Crippen LogP contribution in [0.3, 0.4) is 0 Å². The van der Waals surface area contributed by atoms with Crippen LogP contribution >= 0.6 is 11.6 Å². The third-order valence-electron chi connectivity index (χ3n) is 3.67. The number of benzene rings is 1. The second-order valence-electron chi connectivity index (χ2n) is 5.04. The van der Waals surface area contributed by atoms with E-state index in [0.29, 0.717) is 17.3 Å². The van der Waals surface area contributed by atoms with E-state index in [2.05, 4.69) is 20.4 Å². The molecule has 1 unspecified atom stereocenters. The van der Waals surface area contributed by atoms with E-state index in [1.165, 1.54) is 12.1 Å². The minimum absolute atomic E-state index is 0.0487. The first-order valence-electron chi connectivity index (χ1n) is 6.89. The zero-order chi connectivity index (χ0) is 14.8. The highest BCUT2D eigenvalue weighted by Gasteiger charge is 2.23. The Morgan fingerprint density at radius 3 is 2.86 bits per heavy atom. The van der Waals surface area contributed by atoms with E-state index in [0.717, 1.165) is 26.2 Å². The lowest BCUT2D eigenvalue weighted by Gasteiger charge is -2.30. The molecule has 0 saturated carbocycles. The number of hydrogen-bond acceptors (Lipinski definition) is 5. The maximum atomic E-state index is 13.1. The van der Waals surface area contributed by atoms with E-state index in [1.54, 1.807) is 6.07 Å². The van der Waals surface area contributed by atoms with Crippen LogP contribution in [0, 0.1) is 5.82 Å². The largest absolute Gasteiger partial charge is 0.337 e. The molecular weight excluding hydrogens is 295 g/mol. The molecule has 1 aromatic heterocycles. The minimum Gasteiger partial charge on any atom is -0.337 e. The number of piperazine rings is 1. The van der Waals surface area contributed by atoms with Gasteiger partial charge in [-0.2, -0.15) is 4.98 Å². The second-order valence-corrected chi connectivity index (χ2v) is 5.45. The van der Waals surface area contributed by atoms with Crippen molar-refractivity contribution in [1.82, 2.24) is 20.4 Å². The van der Waals surface area contributed by atoms with Crippen LogP contribution in [0.15, 0.2) is 22.7 Å². The van der Waals surface area contributed by atoms with Crippen LogP contribution < -0.4 is 5.32 Å². The lowest BCUT2D eigenvalue weighted by atomic mass is 10.2. The highest BCUT2D eigenvalue weighted by atomic mass is 35.5. The SMILES string of the molecule is CC(c1nc(-c2ccc(F)cc2Cl)no1)N1CCNCC1. The molecule has 7 heteroatoms. The summed E-state index contributed by atoms with van der Waals surface area (Å²) >= 11 is 6.02. The van der Waals surface area contributed by atoms with Crippen LogP contribution in [0.5, 0.6) is 0 Å². The normalized spacial score (nSPS) is 17.9. The molecule has 2 heterocycles. The van der Waals surface area contributed by atoms with Crippen molar-refractivity contribution in [2.75, 3.05) is 26.2 Å². The zero-order valence-corrected chi connectivity index (χ0v) is 12.4. The molecule has 1 aliphatic rings. The van der Waals surface area contributed by atoms with Gasteiger partial charge in [-0.25, -0.2) is 4.39 Å². The third kappa shape index (κ3) is 3.07. The van der Waals surface area contributed by atoms with Crippen molar-refractivity contribution in [2.24, 2.45) is 0 Å². The smallest absolute Gasteiger partial charge is 0.244 e. The monoisotopic (exact) mass is 310 g/mol. The molecule has 1 saturated heterocycles. The van der Waals surface area contributed by atoms with Crippen molar-refractivity contribution >= 4 is 11.6 Å². The Hall–Kier alpha value is -1.50. The van der Waals surface area contributed by atoms with Gasteiger partial charge in [0.1, 0.15) is 5.82 Å². The predicted molar refractivity (Wildman–Crippen MR) is 77.6 cm³/mol. The van der Waals surface area contributed by atoms with E-state index in [9.17, 15) is 4.39 Å². The summed E-state index contributed by atoms with van der Waals surface area (Å²) in [6.45, 7) is 5.82. The number of nitrogens with zero attached hydrogens (tertiary/aromatic N) is 3. The van der Waals surface area contributed by atoms with Gasteiger partial charge in [0.25, 0.3) is 0 Å². The van der Waals surface area contributed by atoms with Crippen LogP contribution in [-0.2, 0) is 0 Å². The maximum absolute atomic E-state index is 13.1. The van der Waals surface area contributed by atoms with Gasteiger partial charge in [-0.3, -0.25) is 4.90 Å². The Morgan fingerprint density at radius 1 is 1.38 bits per heavy atom. The summed E-state index contributed by atoms with van der Waals surface area (Å²) in [5, 5.41) is 7.54. The quantitative estimate of drug-likeness (QED) is 0.944. The molecule has 2 aromatic rings. The fraction of sp³-hybridized carbons (Fsp3) is 0.429. The highest BCUT2D eigenvalue weighted by molar-refractivity contribution is 6.33. The van der Waals surface area contributed by atoms with E-state index >= 15 is 0 Å². The first-order valence-corrected chi connectivity index (χ1v) is 7.27. The Morgan fingerprint density at radius 2 is 2.14 bits per heavy atom. The van der Waals surface area contributed by atoms with Gasteiger partial charge in [0, 0.05) is 31.7 Å². The topological polar surface area (TPSA) is 54.2 Å². The fourth-order valence-corrected chi connectivity index (χ4v) is 2.66. The summed E-state index contributed by atoms with van der Waals surface area (Å²) in [7, 11) is 0. The molecule has 112 valence electrons. The maximum Gasteiger partial charge on any atom is 0.244 e. The average Bonchev–Trinajstić information content (AvgIpc) is 2.97. The van der Waals surface area contributed by atoms with Gasteiger partial charge >= 0.3 is 0 Å². The molecule has 1 aliphatic heterocycles. The van der Waals surface area contributed by atoms with Gasteiger partial charge in [0.2, 0.25) is 11.7 Å². The van der Waals surface area contributed by atoms with Gasteiger partial charge < -0.3 is 9.84 Å². The molecule has 0 aliphatic carbocycles. The number of aromatic nitrogens is 2. The molecule has 0 bridgehead atoms. The van der Waals surface area contributed by atoms with Gasteiger partial charge in [-0.15, -0.1) is 0 Å². The molecule has 3 rings (SSSR count). The lowest BCUT2D eigenvalue weighted by molar-refractivity contribution is 0.154. The number of nitrogens with one attached hydrogen (secondary N) is 1. The van der Waals surface area contributed by atoms with Gasteiger partial charge in [-0.1, -0.05) is 16.8 Å². The van der Waals surface area contributed by atoms with Crippen LogP contribution in [0.1, 0.15) is 18.9 Å². The van der Waals surface area contributed by atoms with Crippen molar-refractivity contribution in [3.05, 3.63) is 34.9 Å². The molecule has 0 radical (unpaired) electrons. The summed E-state index contributed by atoms with van der Waals surface area (Å²) < 4.78 is 18.4. The summed E-state index contributed by atoms with van der Waals surface area (Å²) in [4.78, 5) is 6.68. The van der Waals surface area contributed by atoms with Crippen LogP contribution in [0.4, 0.5) is 4.39 Å². The predicted octanol–water partition coefficient (Wildman–Crippen LogP) is 2.50. The van der Waals surface area contributed by atoms with E-state index in [1.807, 2.05) is 6.92 Å². The summed E-state index contributed by atoms with van der Waals surface area (Å²) in [6, 6.07) is 4.18. The van der Waals surface area contributed by atoms with Crippen molar-refractivity contribution in [3.8, 4) is 11.4 Å². The Labute approximate surface area is 127 Å². The van der Waals surface area contributed by atoms with E-state index in [-0.39, 0.29) is 16.9 Å². The molecule has 1 fully saturated rings. The number of halogens is 2. The average molecular weight is 311 g/mol. The molecule has 1 aromatic carbocycles. The van der Waals surface area contributed by atoms with Gasteiger partial charge in [0.15, 0.2) is 0 Å². The molecule has 1 N–H and O–H groups in total. The van der Waals surface area contributed by atoms with E-state index in [4.69, 9.17) is 16.1 Å². The fourth-order valence-electron chi connectivity index (χ4n) is 2.41.